The molecule has 2 aromatic carbocycles. The lowest BCUT2D eigenvalue weighted by Crippen LogP contribution is -2.35. The third kappa shape index (κ3) is 3.39. The van der Waals surface area contributed by atoms with Crippen LogP contribution in [-0.2, 0) is 21.2 Å². The molecule has 0 amide bonds. The summed E-state index contributed by atoms with van der Waals surface area (Å²) in [5.41, 5.74) is 3.11. The highest BCUT2D eigenvalue weighted by atomic mass is 32.2. The number of hydrogen-bond acceptors (Lipinski definition) is 4. The van der Waals surface area contributed by atoms with Crippen molar-refractivity contribution in [3.05, 3.63) is 59.2 Å². The fraction of sp³-hybridized carbons (Fsp3) is 0.316. The van der Waals surface area contributed by atoms with E-state index in [1.165, 1.54) is 16.4 Å². The van der Waals surface area contributed by atoms with Crippen LogP contribution in [-0.4, -0.2) is 27.5 Å². The van der Waals surface area contributed by atoms with Gasteiger partial charge >= 0.3 is 5.97 Å². The molecule has 2 aromatic rings. The number of nitrogens with zero attached hydrogens (tertiary/aromatic N) is 1. The highest BCUT2D eigenvalue weighted by Crippen LogP contribution is 2.32. The number of esters is 1. The average Bonchev–Trinajstić information content (AvgIpc) is 2.61. The number of fused-ring (bicyclic) bond motifs is 1. The van der Waals surface area contributed by atoms with Crippen LogP contribution in [0.15, 0.2) is 47.4 Å². The zero-order valence-corrected chi connectivity index (χ0v) is 15.2. The predicted octanol–water partition coefficient (Wildman–Crippen LogP) is 3.31. The first-order valence-electron chi connectivity index (χ1n) is 8.33. The molecule has 0 saturated heterocycles. The molecule has 0 fully saturated rings. The number of anilines is 1. The van der Waals surface area contributed by atoms with Gasteiger partial charge in [0.15, 0.2) is 0 Å². The van der Waals surface area contributed by atoms with E-state index >= 15 is 0 Å². The fourth-order valence-electron chi connectivity index (χ4n) is 3.07. The predicted molar refractivity (Wildman–Crippen MR) is 96.4 cm³/mol. The van der Waals surface area contributed by atoms with Gasteiger partial charge in [0.25, 0.3) is 10.0 Å². The second kappa shape index (κ2) is 6.88. The van der Waals surface area contributed by atoms with Crippen LogP contribution in [0.1, 0.15) is 34.8 Å². The summed E-state index contributed by atoms with van der Waals surface area (Å²) >= 11 is 0. The van der Waals surface area contributed by atoms with Gasteiger partial charge in [0.2, 0.25) is 0 Å². The molecule has 6 heteroatoms. The van der Waals surface area contributed by atoms with E-state index in [9.17, 15) is 13.2 Å². The van der Waals surface area contributed by atoms with E-state index < -0.39 is 16.0 Å². The summed E-state index contributed by atoms with van der Waals surface area (Å²) in [7, 11) is -3.73. The van der Waals surface area contributed by atoms with E-state index in [2.05, 4.69) is 0 Å². The minimum atomic E-state index is -3.73. The molecule has 0 unspecified atom stereocenters. The second-order valence-electron chi connectivity index (χ2n) is 6.06. The Morgan fingerprint density at radius 2 is 2.00 bits per heavy atom. The van der Waals surface area contributed by atoms with E-state index in [1.807, 2.05) is 25.1 Å². The number of carbonyl (C=O) groups is 1. The average molecular weight is 359 g/mol. The largest absolute Gasteiger partial charge is 0.462 e. The maximum absolute atomic E-state index is 13.1. The molecule has 5 nitrogen and oxygen atoms in total. The van der Waals surface area contributed by atoms with Crippen molar-refractivity contribution in [2.45, 2.75) is 31.6 Å². The van der Waals surface area contributed by atoms with Gasteiger partial charge in [-0.25, -0.2) is 13.2 Å². The quantitative estimate of drug-likeness (QED) is 0.786. The highest BCUT2D eigenvalue weighted by molar-refractivity contribution is 7.92. The summed E-state index contributed by atoms with van der Waals surface area (Å²) < 4.78 is 32.7. The minimum Gasteiger partial charge on any atom is -0.462 e. The number of hydrogen-bond donors (Lipinski definition) is 0. The standard InChI is InChI=1S/C19H21NO4S/c1-3-24-19(21)16-6-4-8-17(13-16)25(22,23)20-11-5-7-15-12-14(2)9-10-18(15)20/h4,6,8-10,12-13H,3,5,7,11H2,1-2H3. The third-order valence-corrected chi connectivity index (χ3v) is 6.05. The number of benzene rings is 2. The topological polar surface area (TPSA) is 63.7 Å². The van der Waals surface area contributed by atoms with Crippen molar-refractivity contribution in [3.8, 4) is 0 Å². The molecular formula is C19H21NO4S. The Bertz CT molecular complexity index is 905. The Morgan fingerprint density at radius 1 is 1.20 bits per heavy atom. The molecule has 1 aliphatic heterocycles. The summed E-state index contributed by atoms with van der Waals surface area (Å²) in [5.74, 6) is -0.519. The van der Waals surface area contributed by atoms with Crippen LogP contribution in [0.4, 0.5) is 5.69 Å². The van der Waals surface area contributed by atoms with E-state index in [1.54, 1.807) is 19.1 Å². The SMILES string of the molecule is CCOC(=O)c1cccc(S(=O)(=O)N2CCCc3cc(C)ccc32)c1. The first kappa shape index (κ1) is 17.5. The normalized spacial score (nSPS) is 14.1. The molecule has 0 spiro atoms. The molecule has 0 bridgehead atoms. The molecule has 0 aliphatic carbocycles. The highest BCUT2D eigenvalue weighted by Gasteiger charge is 2.29. The van der Waals surface area contributed by atoms with Gasteiger partial charge < -0.3 is 4.74 Å². The van der Waals surface area contributed by atoms with Gasteiger partial charge in [0.1, 0.15) is 0 Å². The molecule has 0 aromatic heterocycles. The van der Waals surface area contributed by atoms with Crippen LogP contribution in [0.25, 0.3) is 0 Å². The molecule has 0 N–H and O–H groups in total. The molecule has 25 heavy (non-hydrogen) atoms. The first-order chi connectivity index (χ1) is 11.9. The summed E-state index contributed by atoms with van der Waals surface area (Å²) in [4.78, 5) is 12.0. The van der Waals surface area contributed by atoms with E-state index in [-0.39, 0.29) is 17.1 Å². The van der Waals surface area contributed by atoms with E-state index in [0.717, 1.165) is 29.7 Å². The van der Waals surface area contributed by atoms with E-state index in [0.29, 0.717) is 6.54 Å². The summed E-state index contributed by atoms with van der Waals surface area (Å²) in [6, 6.07) is 11.8. The zero-order valence-electron chi connectivity index (χ0n) is 14.4. The number of sulfonamides is 1. The van der Waals surface area contributed by atoms with E-state index in [4.69, 9.17) is 4.74 Å². The zero-order chi connectivity index (χ0) is 18.0. The van der Waals surface area contributed by atoms with Crippen LogP contribution < -0.4 is 4.31 Å². The Kier molecular flexibility index (Phi) is 4.81. The number of rotatable bonds is 4. The van der Waals surface area contributed by atoms with Gasteiger partial charge in [-0.15, -0.1) is 0 Å². The second-order valence-corrected chi connectivity index (χ2v) is 7.92. The fourth-order valence-corrected chi connectivity index (χ4v) is 4.65. The maximum Gasteiger partial charge on any atom is 0.338 e. The minimum absolute atomic E-state index is 0.103. The molecule has 0 atom stereocenters. The van der Waals surface area contributed by atoms with Crippen molar-refractivity contribution in [2.24, 2.45) is 0 Å². The molecule has 132 valence electrons. The molecule has 1 aliphatic rings. The van der Waals surface area contributed by atoms with Crippen LogP contribution in [0.3, 0.4) is 0 Å². The Morgan fingerprint density at radius 3 is 2.76 bits per heavy atom. The monoisotopic (exact) mass is 359 g/mol. The molecule has 0 saturated carbocycles. The van der Waals surface area contributed by atoms with Crippen molar-refractivity contribution < 1.29 is 17.9 Å². The van der Waals surface area contributed by atoms with Crippen molar-refractivity contribution in [2.75, 3.05) is 17.5 Å². The Labute approximate surface area is 148 Å². The van der Waals surface area contributed by atoms with Crippen molar-refractivity contribution in [3.63, 3.8) is 0 Å². The number of aryl methyl sites for hydroxylation is 2. The smallest absolute Gasteiger partial charge is 0.338 e. The molecular weight excluding hydrogens is 338 g/mol. The third-order valence-electron chi connectivity index (χ3n) is 4.24. The molecule has 1 heterocycles. The van der Waals surface area contributed by atoms with Gasteiger partial charge in [-0.3, -0.25) is 4.31 Å². The van der Waals surface area contributed by atoms with Gasteiger partial charge in [-0.1, -0.05) is 23.8 Å². The van der Waals surface area contributed by atoms with Crippen LogP contribution in [0.5, 0.6) is 0 Å². The maximum atomic E-state index is 13.1. The van der Waals surface area contributed by atoms with Gasteiger partial charge in [0, 0.05) is 6.54 Å². The summed E-state index contributed by atoms with van der Waals surface area (Å²) in [5, 5.41) is 0. The molecule has 3 rings (SSSR count). The number of ether oxygens (including phenoxy) is 1. The Balaban J connectivity index is 2.01. The van der Waals surface area contributed by atoms with Gasteiger partial charge in [-0.2, -0.15) is 0 Å². The van der Waals surface area contributed by atoms with Gasteiger partial charge in [0.05, 0.1) is 22.8 Å². The van der Waals surface area contributed by atoms with Crippen molar-refractivity contribution in [1.29, 1.82) is 0 Å². The number of carbonyl (C=O) groups excluding carboxylic acids is 1. The lowest BCUT2D eigenvalue weighted by Gasteiger charge is -2.30. The van der Waals surface area contributed by atoms with Crippen LogP contribution in [0, 0.1) is 6.92 Å². The van der Waals surface area contributed by atoms with Crippen molar-refractivity contribution in [1.82, 2.24) is 0 Å². The molecule has 0 radical (unpaired) electrons. The lowest BCUT2D eigenvalue weighted by atomic mass is 10.0. The van der Waals surface area contributed by atoms with Crippen LogP contribution >= 0.6 is 0 Å². The van der Waals surface area contributed by atoms with Gasteiger partial charge in [-0.05, 0) is 56.5 Å². The summed E-state index contributed by atoms with van der Waals surface area (Å²) in [6.45, 7) is 4.39. The van der Waals surface area contributed by atoms with Crippen molar-refractivity contribution >= 4 is 21.7 Å². The van der Waals surface area contributed by atoms with Crippen LogP contribution in [0.2, 0.25) is 0 Å². The first-order valence-corrected chi connectivity index (χ1v) is 9.77. The lowest BCUT2D eigenvalue weighted by molar-refractivity contribution is 0.0526. The summed E-state index contributed by atoms with van der Waals surface area (Å²) in [6.07, 6.45) is 1.64. The Hall–Kier alpha value is -2.34.